The Morgan fingerprint density at radius 3 is 1.82 bits per heavy atom. The van der Waals surface area contributed by atoms with E-state index in [0.29, 0.717) is 11.6 Å². The van der Waals surface area contributed by atoms with E-state index in [-0.39, 0.29) is 23.7 Å². The third-order valence-corrected chi connectivity index (χ3v) is 9.22. The van der Waals surface area contributed by atoms with Gasteiger partial charge in [-0.2, -0.15) is 10.1 Å². The summed E-state index contributed by atoms with van der Waals surface area (Å²) in [6.07, 6.45) is 3.66. The number of nitrogens with zero attached hydrogens (tertiary/aromatic N) is 3. The van der Waals surface area contributed by atoms with Crippen molar-refractivity contribution in [1.29, 1.82) is 0 Å². The van der Waals surface area contributed by atoms with Crippen molar-refractivity contribution in [2.24, 2.45) is 16.9 Å². The van der Waals surface area contributed by atoms with Crippen molar-refractivity contribution in [1.82, 2.24) is 9.58 Å². The van der Waals surface area contributed by atoms with Crippen molar-refractivity contribution in [3.8, 4) is 0 Å². The summed E-state index contributed by atoms with van der Waals surface area (Å²) in [6.45, 7) is 0.597. The maximum Gasteiger partial charge on any atom is 0.254 e. The van der Waals surface area contributed by atoms with Crippen LogP contribution in [0.1, 0.15) is 45.2 Å². The fourth-order valence-corrected chi connectivity index (χ4v) is 7.41. The fraction of sp³-hybridized carbons (Fsp3) is 0.147. The average molecular weight is 542 g/mol. The number of amides is 2. The van der Waals surface area contributed by atoms with E-state index in [2.05, 4.69) is 40.0 Å². The summed E-state index contributed by atoms with van der Waals surface area (Å²) in [4.78, 5) is 27.8. The number of fused-ring (bicyclic) bond motifs is 1. The van der Waals surface area contributed by atoms with Gasteiger partial charge in [-0.15, -0.1) is 0 Å². The van der Waals surface area contributed by atoms with Crippen molar-refractivity contribution in [3.63, 3.8) is 0 Å². The highest BCUT2D eigenvalue weighted by atomic mass is 35.5. The van der Waals surface area contributed by atoms with E-state index in [0.717, 1.165) is 49.3 Å². The molecular weight excluding hydrogens is 518 g/mol. The highest BCUT2D eigenvalue weighted by Crippen LogP contribution is 2.60. The molecule has 5 nitrogen and oxygen atoms in total. The summed E-state index contributed by atoms with van der Waals surface area (Å²) in [5.74, 6) is -1.61. The zero-order valence-electron chi connectivity index (χ0n) is 21.4. The SMILES string of the molecule is O=C1[C@H]2C3c4ccccc4C(c4ccccc43)[C@@H]2C(=O)N1/N=C\c1cn(Cc2ccccc2Cl)c2ccccc12. The van der Waals surface area contributed by atoms with Crippen LogP contribution in [0.25, 0.3) is 10.9 Å². The lowest BCUT2D eigenvalue weighted by atomic mass is 9.55. The molecule has 5 aromatic rings. The molecule has 3 aliphatic carbocycles. The number of hydrogen-bond donors (Lipinski definition) is 0. The summed E-state index contributed by atoms with van der Waals surface area (Å²) in [7, 11) is 0. The van der Waals surface area contributed by atoms with E-state index < -0.39 is 11.8 Å². The molecule has 2 atom stereocenters. The predicted molar refractivity (Wildman–Crippen MR) is 155 cm³/mol. The molecule has 0 spiro atoms. The molecule has 9 rings (SSSR count). The van der Waals surface area contributed by atoms with Gasteiger partial charge >= 0.3 is 0 Å². The van der Waals surface area contributed by atoms with Gasteiger partial charge in [-0.1, -0.05) is 96.5 Å². The molecular formula is C34H24ClN3O2. The minimum atomic E-state index is -0.444. The quantitative estimate of drug-likeness (QED) is 0.191. The summed E-state index contributed by atoms with van der Waals surface area (Å²) in [5.41, 5.74) is 7.50. The maximum absolute atomic E-state index is 13.9. The molecule has 2 amide bonds. The Kier molecular flexibility index (Phi) is 5.13. The minimum absolute atomic E-state index is 0.142. The Bertz CT molecular complexity index is 1770. The van der Waals surface area contributed by atoms with Gasteiger partial charge in [-0.25, -0.2) is 0 Å². The van der Waals surface area contributed by atoms with Crippen molar-refractivity contribution in [2.75, 3.05) is 0 Å². The van der Waals surface area contributed by atoms with Crippen LogP contribution in [0.3, 0.4) is 0 Å². The Morgan fingerprint density at radius 1 is 0.700 bits per heavy atom. The second-order valence-corrected chi connectivity index (χ2v) is 11.2. The summed E-state index contributed by atoms with van der Waals surface area (Å²) >= 11 is 6.45. The summed E-state index contributed by atoms with van der Waals surface area (Å²) in [6, 6.07) is 32.4. The standard InChI is InChI=1S/C34H24ClN3O2/c35-27-15-7-1-9-20(27)18-37-19-21(22-10-6-8-16-28(22)37)17-36-38-33(39)31-29-23-11-2-3-12-24(23)30(32(31)34(38)40)26-14-5-4-13-25(26)29/h1-17,19,29-32H,18H2/b36-17-/t29?,30?,31-,32-/m0/s1. The van der Waals surface area contributed by atoms with E-state index in [4.69, 9.17) is 11.6 Å². The molecule has 6 heteroatoms. The molecule has 1 aliphatic heterocycles. The average Bonchev–Trinajstić information content (AvgIpc) is 3.47. The molecule has 2 heterocycles. The minimum Gasteiger partial charge on any atom is -0.342 e. The molecule has 1 aromatic heterocycles. The van der Waals surface area contributed by atoms with Gasteiger partial charge in [0, 0.05) is 46.1 Å². The van der Waals surface area contributed by atoms with Gasteiger partial charge in [0.2, 0.25) is 0 Å². The van der Waals surface area contributed by atoms with Crippen LogP contribution in [0.2, 0.25) is 5.02 Å². The first-order valence-electron chi connectivity index (χ1n) is 13.5. The molecule has 0 saturated carbocycles. The van der Waals surface area contributed by atoms with Crippen LogP contribution in [0.15, 0.2) is 108 Å². The normalized spacial score (nSPS) is 22.7. The Morgan fingerprint density at radius 2 is 1.23 bits per heavy atom. The van der Waals surface area contributed by atoms with Crippen LogP contribution in [0.5, 0.6) is 0 Å². The lowest BCUT2D eigenvalue weighted by molar-refractivity contribution is -0.139. The van der Waals surface area contributed by atoms with Crippen LogP contribution in [-0.2, 0) is 16.1 Å². The van der Waals surface area contributed by atoms with Crippen molar-refractivity contribution >= 4 is 40.5 Å². The van der Waals surface area contributed by atoms with Gasteiger partial charge in [-0.3, -0.25) is 9.59 Å². The highest BCUT2D eigenvalue weighted by molar-refractivity contribution is 6.31. The number of aromatic nitrogens is 1. The van der Waals surface area contributed by atoms with Crippen LogP contribution in [-0.4, -0.2) is 27.6 Å². The molecule has 0 unspecified atom stereocenters. The van der Waals surface area contributed by atoms with Crippen molar-refractivity contribution in [2.45, 2.75) is 18.4 Å². The van der Waals surface area contributed by atoms with Crippen LogP contribution in [0, 0.1) is 11.8 Å². The number of rotatable bonds is 4. The van der Waals surface area contributed by atoms with E-state index in [1.54, 1.807) is 6.21 Å². The van der Waals surface area contributed by atoms with Gasteiger partial charge in [0.05, 0.1) is 18.1 Å². The van der Waals surface area contributed by atoms with Crippen molar-refractivity contribution in [3.05, 3.63) is 142 Å². The van der Waals surface area contributed by atoms with Gasteiger partial charge in [0.25, 0.3) is 11.8 Å². The van der Waals surface area contributed by atoms with Crippen LogP contribution < -0.4 is 0 Å². The lowest BCUT2D eigenvalue weighted by Crippen LogP contribution is -2.41. The lowest BCUT2D eigenvalue weighted by Gasteiger charge is -2.45. The van der Waals surface area contributed by atoms with Gasteiger partial charge in [0.15, 0.2) is 0 Å². The fourth-order valence-electron chi connectivity index (χ4n) is 7.21. The first kappa shape index (κ1) is 23.4. The van der Waals surface area contributed by atoms with E-state index in [9.17, 15) is 9.59 Å². The van der Waals surface area contributed by atoms with Gasteiger partial charge in [-0.05, 0) is 39.9 Å². The van der Waals surface area contributed by atoms with E-state index in [1.165, 1.54) is 0 Å². The molecule has 4 aromatic carbocycles. The molecule has 4 aliphatic rings. The van der Waals surface area contributed by atoms with E-state index in [1.807, 2.05) is 72.9 Å². The summed E-state index contributed by atoms with van der Waals surface area (Å²) in [5, 5.41) is 7.40. The zero-order chi connectivity index (χ0) is 27.0. The molecule has 0 radical (unpaired) electrons. The Labute approximate surface area is 236 Å². The Balaban J connectivity index is 1.17. The van der Waals surface area contributed by atoms with Crippen LogP contribution in [0.4, 0.5) is 0 Å². The van der Waals surface area contributed by atoms with E-state index >= 15 is 0 Å². The monoisotopic (exact) mass is 541 g/mol. The second kappa shape index (κ2) is 8.77. The number of hydrogen-bond acceptors (Lipinski definition) is 3. The largest absolute Gasteiger partial charge is 0.342 e. The number of imide groups is 1. The van der Waals surface area contributed by atoms with Gasteiger partial charge < -0.3 is 4.57 Å². The van der Waals surface area contributed by atoms with Gasteiger partial charge in [0.1, 0.15) is 0 Å². The molecule has 2 bridgehead atoms. The molecule has 40 heavy (non-hydrogen) atoms. The first-order chi connectivity index (χ1) is 19.6. The number of carbonyl (C=O) groups excluding carboxylic acids is 2. The molecule has 1 saturated heterocycles. The molecule has 0 N–H and O–H groups in total. The molecule has 194 valence electrons. The number of para-hydroxylation sites is 1. The third kappa shape index (κ3) is 3.24. The maximum atomic E-state index is 13.9. The number of carbonyl (C=O) groups is 2. The first-order valence-corrected chi connectivity index (χ1v) is 13.9. The predicted octanol–water partition coefficient (Wildman–Crippen LogP) is 6.57. The summed E-state index contributed by atoms with van der Waals surface area (Å²) < 4.78 is 2.12. The Hall–Kier alpha value is -4.48. The second-order valence-electron chi connectivity index (χ2n) is 10.8. The number of hydrazone groups is 1. The topological polar surface area (TPSA) is 54.7 Å². The van der Waals surface area contributed by atoms with Crippen LogP contribution >= 0.6 is 11.6 Å². The number of halogens is 1. The van der Waals surface area contributed by atoms with Crippen molar-refractivity contribution < 1.29 is 9.59 Å². The highest BCUT2D eigenvalue weighted by Gasteiger charge is 2.61. The smallest absolute Gasteiger partial charge is 0.254 e. The zero-order valence-corrected chi connectivity index (χ0v) is 22.2. The number of benzene rings is 4. The third-order valence-electron chi connectivity index (χ3n) is 8.86. The molecule has 1 fully saturated rings.